The summed E-state index contributed by atoms with van der Waals surface area (Å²) in [5.74, 6) is 3.24. The lowest BCUT2D eigenvalue weighted by Gasteiger charge is -2.26. The Kier molecular flexibility index (Phi) is 5.25. The maximum Gasteiger partial charge on any atom is 0.267 e. The minimum absolute atomic E-state index is 0.0942. The third kappa shape index (κ3) is 3.83. The van der Waals surface area contributed by atoms with Gasteiger partial charge in [0.05, 0.1) is 0 Å². The van der Waals surface area contributed by atoms with Gasteiger partial charge in [-0.3, -0.25) is 4.79 Å². The number of amides is 1. The van der Waals surface area contributed by atoms with Crippen molar-refractivity contribution in [2.24, 2.45) is 5.92 Å². The van der Waals surface area contributed by atoms with Gasteiger partial charge in [0.15, 0.2) is 0 Å². The van der Waals surface area contributed by atoms with Crippen LogP contribution in [0.2, 0.25) is 0 Å². The first-order valence-electron chi connectivity index (χ1n) is 8.08. The van der Waals surface area contributed by atoms with Crippen LogP contribution in [0.1, 0.15) is 42.2 Å². The number of hydrogen-bond acceptors (Lipinski definition) is 3. The van der Waals surface area contributed by atoms with Gasteiger partial charge in [0.25, 0.3) is 5.91 Å². The van der Waals surface area contributed by atoms with Crippen molar-refractivity contribution >= 4 is 17.7 Å². The van der Waals surface area contributed by atoms with E-state index in [1.54, 1.807) is 0 Å². The smallest absolute Gasteiger partial charge is 0.267 e. The van der Waals surface area contributed by atoms with Crippen LogP contribution >= 0.6 is 11.8 Å². The highest BCUT2D eigenvalue weighted by atomic mass is 32.2. The standard InChI is InChI=1S/C16H25N3OS/c20-16(18-12-13-5-10-21-11-6-13)15-2-1-9-19(15)14-3-7-17-8-4-14/h1-2,9,13-14,17H,3-8,10-12H2,(H,18,20). The van der Waals surface area contributed by atoms with E-state index in [0.717, 1.165) is 38.2 Å². The third-order valence-corrected chi connectivity index (χ3v) is 5.65. The SMILES string of the molecule is O=C(NCC1CCSCC1)c1cccn1C1CCNCC1. The summed E-state index contributed by atoms with van der Waals surface area (Å²) < 4.78 is 2.17. The van der Waals surface area contributed by atoms with E-state index in [1.165, 1.54) is 24.3 Å². The summed E-state index contributed by atoms with van der Waals surface area (Å²) in [5, 5.41) is 6.53. The van der Waals surface area contributed by atoms with Crippen LogP contribution in [-0.4, -0.2) is 41.6 Å². The van der Waals surface area contributed by atoms with Crippen LogP contribution in [0, 0.1) is 5.92 Å². The zero-order valence-electron chi connectivity index (χ0n) is 12.5. The topological polar surface area (TPSA) is 46.1 Å². The highest BCUT2D eigenvalue weighted by molar-refractivity contribution is 7.99. The van der Waals surface area contributed by atoms with Crippen molar-refractivity contribution < 1.29 is 4.79 Å². The highest BCUT2D eigenvalue weighted by Crippen LogP contribution is 2.23. The van der Waals surface area contributed by atoms with Crippen LogP contribution in [-0.2, 0) is 0 Å². The second-order valence-electron chi connectivity index (χ2n) is 6.05. The molecule has 2 saturated heterocycles. The lowest BCUT2D eigenvalue weighted by Crippen LogP contribution is -2.34. The molecule has 1 amide bonds. The van der Waals surface area contributed by atoms with Crippen LogP contribution in [0.5, 0.6) is 0 Å². The van der Waals surface area contributed by atoms with Crippen LogP contribution in [0.4, 0.5) is 0 Å². The van der Waals surface area contributed by atoms with Gasteiger partial charge in [-0.1, -0.05) is 0 Å². The van der Waals surface area contributed by atoms with Crippen LogP contribution < -0.4 is 10.6 Å². The molecule has 0 bridgehead atoms. The largest absolute Gasteiger partial charge is 0.350 e. The van der Waals surface area contributed by atoms with E-state index in [9.17, 15) is 4.79 Å². The van der Waals surface area contributed by atoms with E-state index >= 15 is 0 Å². The molecule has 0 aromatic carbocycles. The summed E-state index contributed by atoms with van der Waals surface area (Å²) in [6.45, 7) is 2.92. The van der Waals surface area contributed by atoms with E-state index in [4.69, 9.17) is 0 Å². The number of rotatable bonds is 4. The van der Waals surface area contributed by atoms with Gasteiger partial charge in [-0.25, -0.2) is 0 Å². The average molecular weight is 307 g/mol. The number of nitrogens with one attached hydrogen (secondary N) is 2. The molecule has 1 aromatic rings. The fourth-order valence-corrected chi connectivity index (χ4v) is 4.47. The zero-order valence-corrected chi connectivity index (χ0v) is 13.3. The Morgan fingerprint density at radius 2 is 2.05 bits per heavy atom. The minimum atomic E-state index is 0.0942. The van der Waals surface area contributed by atoms with Gasteiger partial charge in [0, 0.05) is 18.8 Å². The Balaban J connectivity index is 1.58. The maximum absolute atomic E-state index is 12.5. The number of hydrogen-bond donors (Lipinski definition) is 2. The molecule has 2 aliphatic rings. The molecule has 1 aromatic heterocycles. The predicted molar refractivity (Wildman–Crippen MR) is 88.0 cm³/mol. The Hall–Kier alpha value is -0.940. The number of thioether (sulfide) groups is 1. The van der Waals surface area contributed by atoms with Crippen LogP contribution in [0.25, 0.3) is 0 Å². The summed E-state index contributed by atoms with van der Waals surface area (Å²) in [7, 11) is 0. The van der Waals surface area contributed by atoms with E-state index in [0.29, 0.717) is 12.0 Å². The molecule has 0 radical (unpaired) electrons. The van der Waals surface area contributed by atoms with Crippen molar-refractivity contribution in [2.45, 2.75) is 31.7 Å². The lowest BCUT2D eigenvalue weighted by atomic mass is 10.0. The Bertz CT molecular complexity index is 462. The molecule has 2 N–H and O–H groups in total. The molecule has 116 valence electrons. The predicted octanol–water partition coefficient (Wildman–Crippen LogP) is 2.29. The van der Waals surface area contributed by atoms with Gasteiger partial charge in [-0.2, -0.15) is 11.8 Å². The zero-order chi connectivity index (χ0) is 14.5. The maximum atomic E-state index is 12.5. The van der Waals surface area contributed by atoms with Crippen LogP contribution in [0.3, 0.4) is 0 Å². The van der Waals surface area contributed by atoms with Gasteiger partial charge in [0.1, 0.15) is 5.69 Å². The van der Waals surface area contributed by atoms with Crippen LogP contribution in [0.15, 0.2) is 18.3 Å². The molecule has 2 fully saturated rings. The number of aromatic nitrogens is 1. The first kappa shape index (κ1) is 15.0. The van der Waals surface area contributed by atoms with Gasteiger partial charge in [-0.05, 0) is 68.3 Å². The van der Waals surface area contributed by atoms with E-state index < -0.39 is 0 Å². The van der Waals surface area contributed by atoms with Crippen molar-refractivity contribution in [3.05, 3.63) is 24.0 Å². The Morgan fingerprint density at radius 1 is 1.29 bits per heavy atom. The molecule has 0 saturated carbocycles. The quantitative estimate of drug-likeness (QED) is 0.897. The van der Waals surface area contributed by atoms with Crippen molar-refractivity contribution in [3.8, 4) is 0 Å². The summed E-state index contributed by atoms with van der Waals surface area (Å²) in [4.78, 5) is 12.5. The minimum Gasteiger partial charge on any atom is -0.350 e. The number of nitrogens with zero attached hydrogens (tertiary/aromatic N) is 1. The fourth-order valence-electron chi connectivity index (χ4n) is 3.27. The summed E-state index contributed by atoms with van der Waals surface area (Å²) in [6, 6.07) is 4.41. The molecular weight excluding hydrogens is 282 g/mol. The van der Waals surface area contributed by atoms with Gasteiger partial charge < -0.3 is 15.2 Å². The highest BCUT2D eigenvalue weighted by Gasteiger charge is 2.21. The summed E-state index contributed by atoms with van der Waals surface area (Å²) >= 11 is 2.03. The van der Waals surface area contributed by atoms with E-state index in [1.807, 2.05) is 23.9 Å². The van der Waals surface area contributed by atoms with Gasteiger partial charge in [-0.15, -0.1) is 0 Å². The first-order valence-corrected chi connectivity index (χ1v) is 9.23. The van der Waals surface area contributed by atoms with Crippen molar-refractivity contribution in [3.63, 3.8) is 0 Å². The molecule has 21 heavy (non-hydrogen) atoms. The molecule has 0 spiro atoms. The van der Waals surface area contributed by atoms with E-state index in [2.05, 4.69) is 21.4 Å². The number of carbonyl (C=O) groups is 1. The fraction of sp³-hybridized carbons (Fsp3) is 0.688. The lowest BCUT2D eigenvalue weighted by molar-refractivity contribution is 0.0933. The molecule has 2 aliphatic heterocycles. The molecule has 0 aliphatic carbocycles. The Morgan fingerprint density at radius 3 is 2.81 bits per heavy atom. The molecule has 3 heterocycles. The second-order valence-corrected chi connectivity index (χ2v) is 7.27. The molecule has 0 unspecified atom stereocenters. The molecule has 5 heteroatoms. The second kappa shape index (κ2) is 7.36. The monoisotopic (exact) mass is 307 g/mol. The number of piperidine rings is 1. The van der Waals surface area contributed by atoms with Gasteiger partial charge >= 0.3 is 0 Å². The molecule has 0 atom stereocenters. The van der Waals surface area contributed by atoms with Crippen molar-refractivity contribution in [1.82, 2.24) is 15.2 Å². The average Bonchev–Trinajstić information content (AvgIpc) is 3.04. The normalized spacial score (nSPS) is 21.3. The summed E-state index contributed by atoms with van der Waals surface area (Å²) in [5.41, 5.74) is 0.826. The third-order valence-electron chi connectivity index (χ3n) is 4.61. The summed E-state index contributed by atoms with van der Waals surface area (Å²) in [6.07, 6.45) is 6.74. The number of carbonyl (C=O) groups excluding carboxylic acids is 1. The van der Waals surface area contributed by atoms with Gasteiger partial charge in [0.2, 0.25) is 0 Å². The molecular formula is C16H25N3OS. The first-order chi connectivity index (χ1) is 10.3. The van der Waals surface area contributed by atoms with E-state index in [-0.39, 0.29) is 5.91 Å². The molecule has 4 nitrogen and oxygen atoms in total. The van der Waals surface area contributed by atoms with Crippen molar-refractivity contribution in [1.29, 1.82) is 0 Å². The molecule has 3 rings (SSSR count). The Labute approximate surface area is 131 Å². The van der Waals surface area contributed by atoms with Crippen molar-refractivity contribution in [2.75, 3.05) is 31.1 Å².